The fourth-order valence-corrected chi connectivity index (χ4v) is 3.61. The van der Waals surface area contributed by atoms with Gasteiger partial charge in [-0.05, 0) is 48.5 Å². The number of nitriles is 1. The number of hydrogen-bond donors (Lipinski definition) is 1. The van der Waals surface area contributed by atoms with E-state index in [4.69, 9.17) is 16.3 Å². The lowest BCUT2D eigenvalue weighted by Gasteiger charge is -2.10. The van der Waals surface area contributed by atoms with Crippen LogP contribution in [0.15, 0.2) is 78.9 Å². The van der Waals surface area contributed by atoms with Gasteiger partial charge in [-0.1, -0.05) is 41.9 Å². The van der Waals surface area contributed by atoms with E-state index < -0.39 is 0 Å². The molecule has 4 rings (SSSR count). The maximum atomic E-state index is 12.7. The third-order valence-electron chi connectivity index (χ3n) is 4.90. The quantitative estimate of drug-likeness (QED) is 0.442. The van der Waals surface area contributed by atoms with E-state index in [2.05, 4.69) is 16.5 Å². The predicted octanol–water partition coefficient (Wildman–Crippen LogP) is 5.25. The van der Waals surface area contributed by atoms with E-state index in [-0.39, 0.29) is 12.3 Å². The highest BCUT2D eigenvalue weighted by atomic mass is 35.5. The Bertz CT molecular complexity index is 1290. The maximum absolute atomic E-state index is 12.7. The first-order valence-electron chi connectivity index (χ1n) is 9.87. The van der Waals surface area contributed by atoms with Crippen molar-refractivity contribution in [1.29, 1.82) is 5.26 Å². The standard InChI is InChI=1S/C25H19ClN4O2/c1-32-19-13-11-17(12-14-19)25-20(16-27)22(15-24(31)28-18-7-3-2-4-8-18)29-30(25)23-10-6-5-9-21(23)26/h2-14H,15H2,1H3,(H,28,31). The lowest BCUT2D eigenvalue weighted by atomic mass is 10.0. The highest BCUT2D eigenvalue weighted by Crippen LogP contribution is 2.32. The number of para-hydroxylation sites is 2. The van der Waals surface area contributed by atoms with Crippen molar-refractivity contribution in [3.8, 4) is 28.8 Å². The van der Waals surface area contributed by atoms with Crippen LogP contribution in [0.5, 0.6) is 5.75 Å². The van der Waals surface area contributed by atoms with Gasteiger partial charge >= 0.3 is 0 Å². The Morgan fingerprint density at radius 3 is 2.41 bits per heavy atom. The first kappa shape index (κ1) is 21.2. The van der Waals surface area contributed by atoms with Crippen molar-refractivity contribution in [2.45, 2.75) is 6.42 Å². The normalized spacial score (nSPS) is 10.4. The zero-order valence-electron chi connectivity index (χ0n) is 17.2. The van der Waals surface area contributed by atoms with Crippen LogP contribution < -0.4 is 10.1 Å². The molecule has 0 fully saturated rings. The van der Waals surface area contributed by atoms with Crippen molar-refractivity contribution >= 4 is 23.2 Å². The summed E-state index contributed by atoms with van der Waals surface area (Å²) in [6.07, 6.45) is -0.0571. The van der Waals surface area contributed by atoms with Gasteiger partial charge in [0.15, 0.2) is 0 Å². The van der Waals surface area contributed by atoms with Crippen LogP contribution in [-0.2, 0) is 11.2 Å². The molecular weight excluding hydrogens is 424 g/mol. The van der Waals surface area contributed by atoms with Crippen molar-refractivity contribution < 1.29 is 9.53 Å². The number of amides is 1. The van der Waals surface area contributed by atoms with Crippen LogP contribution in [0.3, 0.4) is 0 Å². The van der Waals surface area contributed by atoms with Gasteiger partial charge in [-0.2, -0.15) is 10.4 Å². The van der Waals surface area contributed by atoms with Gasteiger partial charge in [-0.25, -0.2) is 4.68 Å². The van der Waals surface area contributed by atoms with Crippen LogP contribution in [-0.4, -0.2) is 22.8 Å². The average Bonchev–Trinajstić information content (AvgIpc) is 3.17. The largest absolute Gasteiger partial charge is 0.497 e. The highest BCUT2D eigenvalue weighted by Gasteiger charge is 2.23. The van der Waals surface area contributed by atoms with E-state index in [1.54, 1.807) is 30.0 Å². The van der Waals surface area contributed by atoms with Gasteiger partial charge < -0.3 is 10.1 Å². The molecule has 1 aromatic heterocycles. The summed E-state index contributed by atoms with van der Waals surface area (Å²) >= 11 is 6.44. The lowest BCUT2D eigenvalue weighted by Crippen LogP contribution is -2.15. The predicted molar refractivity (Wildman–Crippen MR) is 124 cm³/mol. The average molecular weight is 443 g/mol. The molecule has 1 N–H and O–H groups in total. The van der Waals surface area contributed by atoms with Gasteiger partial charge in [0.25, 0.3) is 0 Å². The second-order valence-electron chi connectivity index (χ2n) is 6.96. The second kappa shape index (κ2) is 9.38. The monoisotopic (exact) mass is 442 g/mol. The van der Waals surface area contributed by atoms with Crippen LogP contribution in [0.4, 0.5) is 5.69 Å². The molecule has 0 saturated heterocycles. The summed E-state index contributed by atoms with van der Waals surface area (Å²) < 4.78 is 6.87. The Labute approximate surface area is 190 Å². The Balaban J connectivity index is 1.80. The molecule has 0 bridgehead atoms. The molecule has 1 amide bonds. The van der Waals surface area contributed by atoms with Gasteiger partial charge in [0.05, 0.1) is 35.6 Å². The van der Waals surface area contributed by atoms with Crippen LogP contribution in [0, 0.1) is 11.3 Å². The lowest BCUT2D eigenvalue weighted by molar-refractivity contribution is -0.115. The number of anilines is 1. The first-order chi connectivity index (χ1) is 15.6. The van der Waals surface area contributed by atoms with Crippen molar-refractivity contribution in [3.63, 3.8) is 0 Å². The summed E-state index contributed by atoms with van der Waals surface area (Å²) in [4.78, 5) is 12.7. The SMILES string of the molecule is COc1ccc(-c2c(C#N)c(CC(=O)Nc3ccccc3)nn2-c2ccccc2Cl)cc1. The minimum atomic E-state index is -0.266. The number of nitrogens with one attached hydrogen (secondary N) is 1. The van der Waals surface area contributed by atoms with E-state index >= 15 is 0 Å². The summed E-state index contributed by atoms with van der Waals surface area (Å²) in [5, 5.41) is 17.9. The Morgan fingerprint density at radius 2 is 1.75 bits per heavy atom. The second-order valence-corrected chi connectivity index (χ2v) is 7.37. The summed E-state index contributed by atoms with van der Waals surface area (Å²) in [6, 6.07) is 25.9. The molecular formula is C25H19ClN4O2. The molecule has 0 aliphatic heterocycles. The third kappa shape index (κ3) is 4.34. The Hall–Kier alpha value is -4.08. The number of benzene rings is 3. The highest BCUT2D eigenvalue weighted by molar-refractivity contribution is 6.32. The molecule has 7 heteroatoms. The van der Waals surface area contributed by atoms with Crippen molar-refractivity contribution in [2.75, 3.05) is 12.4 Å². The Kier molecular flexibility index (Phi) is 6.20. The minimum Gasteiger partial charge on any atom is -0.497 e. The van der Waals surface area contributed by atoms with Crippen LogP contribution in [0.25, 0.3) is 16.9 Å². The number of halogens is 1. The number of carbonyl (C=O) groups is 1. The van der Waals surface area contributed by atoms with E-state index in [9.17, 15) is 10.1 Å². The van der Waals surface area contributed by atoms with Gasteiger partial charge in [0.2, 0.25) is 5.91 Å². The number of ether oxygens (including phenoxy) is 1. The molecule has 0 aliphatic carbocycles. The molecule has 0 aliphatic rings. The fraction of sp³-hybridized carbons (Fsp3) is 0.0800. The zero-order valence-corrected chi connectivity index (χ0v) is 18.0. The van der Waals surface area contributed by atoms with Gasteiger partial charge in [-0.15, -0.1) is 0 Å². The maximum Gasteiger partial charge on any atom is 0.230 e. The van der Waals surface area contributed by atoms with Gasteiger partial charge in [-0.3, -0.25) is 4.79 Å². The number of aromatic nitrogens is 2. The van der Waals surface area contributed by atoms with E-state index in [0.717, 1.165) is 5.56 Å². The van der Waals surface area contributed by atoms with Crippen LogP contribution in [0.2, 0.25) is 5.02 Å². The Morgan fingerprint density at radius 1 is 1.06 bits per heavy atom. The topological polar surface area (TPSA) is 79.9 Å². The van der Waals surface area contributed by atoms with Crippen LogP contribution >= 0.6 is 11.6 Å². The molecule has 0 atom stereocenters. The molecule has 0 saturated carbocycles. The van der Waals surface area contributed by atoms with Crippen molar-refractivity contribution in [3.05, 3.63) is 95.1 Å². The summed E-state index contributed by atoms with van der Waals surface area (Å²) in [6.45, 7) is 0. The molecule has 1 heterocycles. The van der Waals surface area contributed by atoms with Gasteiger partial charge in [0.1, 0.15) is 17.4 Å². The van der Waals surface area contributed by atoms with Gasteiger partial charge in [0, 0.05) is 11.3 Å². The summed E-state index contributed by atoms with van der Waals surface area (Å²) in [5.74, 6) is 0.427. The fourth-order valence-electron chi connectivity index (χ4n) is 3.40. The molecule has 32 heavy (non-hydrogen) atoms. The molecule has 4 aromatic rings. The summed E-state index contributed by atoms with van der Waals surface area (Å²) in [5.41, 5.74) is 3.29. The smallest absolute Gasteiger partial charge is 0.230 e. The first-order valence-corrected chi connectivity index (χ1v) is 10.2. The number of rotatable bonds is 6. The number of methoxy groups -OCH3 is 1. The molecule has 158 valence electrons. The third-order valence-corrected chi connectivity index (χ3v) is 5.22. The molecule has 0 unspecified atom stereocenters. The van der Waals surface area contributed by atoms with Crippen LogP contribution in [0.1, 0.15) is 11.3 Å². The number of carbonyl (C=O) groups excluding carboxylic acids is 1. The van der Waals surface area contributed by atoms with E-state index in [1.165, 1.54) is 0 Å². The number of hydrogen-bond acceptors (Lipinski definition) is 4. The zero-order chi connectivity index (χ0) is 22.5. The van der Waals surface area contributed by atoms with E-state index in [1.807, 2.05) is 60.7 Å². The molecule has 3 aromatic carbocycles. The van der Waals surface area contributed by atoms with Crippen molar-refractivity contribution in [2.24, 2.45) is 0 Å². The van der Waals surface area contributed by atoms with Crippen molar-refractivity contribution in [1.82, 2.24) is 9.78 Å². The molecule has 0 spiro atoms. The molecule has 0 radical (unpaired) electrons. The molecule has 6 nitrogen and oxygen atoms in total. The summed E-state index contributed by atoms with van der Waals surface area (Å²) in [7, 11) is 1.59. The minimum absolute atomic E-state index is 0.0571. The number of nitrogens with zero attached hydrogens (tertiary/aromatic N) is 3. The van der Waals surface area contributed by atoms with E-state index in [0.29, 0.717) is 39.1 Å².